The standard InChI is InChI=1S/C18H17F4N3O3/c19-13-3-6-15(16(11-13)25(26)27)17(24-9-7-23-8-10-24)12-1-4-14(5-2-12)28-18(20,21)22/h1-6,11,17,23H,7-10H2/t17-/m1/s1. The Morgan fingerprint density at radius 1 is 1.11 bits per heavy atom. The van der Waals surface area contributed by atoms with Crippen molar-refractivity contribution < 1.29 is 27.2 Å². The molecule has 1 N–H and O–H groups in total. The van der Waals surface area contributed by atoms with Crippen LogP contribution in [0.3, 0.4) is 0 Å². The van der Waals surface area contributed by atoms with E-state index in [2.05, 4.69) is 10.1 Å². The van der Waals surface area contributed by atoms with Crippen molar-refractivity contribution in [1.29, 1.82) is 0 Å². The predicted octanol–water partition coefficient (Wildman–Crippen LogP) is 3.63. The average Bonchev–Trinajstić information content (AvgIpc) is 2.64. The van der Waals surface area contributed by atoms with Gasteiger partial charge in [0.2, 0.25) is 0 Å². The lowest BCUT2D eigenvalue weighted by Crippen LogP contribution is -2.45. The van der Waals surface area contributed by atoms with Gasteiger partial charge in [0, 0.05) is 26.2 Å². The molecule has 1 atom stereocenters. The zero-order chi connectivity index (χ0) is 20.3. The van der Waals surface area contributed by atoms with Crippen LogP contribution >= 0.6 is 0 Å². The molecular formula is C18H17F4N3O3. The van der Waals surface area contributed by atoms with Crippen LogP contribution in [0.4, 0.5) is 23.2 Å². The average molecular weight is 399 g/mol. The normalized spacial score (nSPS) is 16.6. The second-order valence-electron chi connectivity index (χ2n) is 6.27. The van der Waals surface area contributed by atoms with Gasteiger partial charge in [-0.15, -0.1) is 13.2 Å². The van der Waals surface area contributed by atoms with E-state index in [4.69, 9.17) is 0 Å². The van der Waals surface area contributed by atoms with Crippen molar-refractivity contribution in [2.75, 3.05) is 26.2 Å². The van der Waals surface area contributed by atoms with Gasteiger partial charge in [-0.3, -0.25) is 15.0 Å². The molecule has 0 spiro atoms. The molecular weight excluding hydrogens is 382 g/mol. The lowest BCUT2D eigenvalue weighted by Gasteiger charge is -2.35. The van der Waals surface area contributed by atoms with Crippen molar-refractivity contribution in [3.8, 4) is 5.75 Å². The molecule has 2 aromatic carbocycles. The number of alkyl halides is 3. The van der Waals surface area contributed by atoms with E-state index in [0.717, 1.165) is 24.3 Å². The van der Waals surface area contributed by atoms with Gasteiger partial charge in [0.15, 0.2) is 0 Å². The summed E-state index contributed by atoms with van der Waals surface area (Å²) in [5.41, 5.74) is 0.447. The number of nitro benzene ring substituents is 1. The van der Waals surface area contributed by atoms with Gasteiger partial charge in [-0.1, -0.05) is 12.1 Å². The first-order valence-electron chi connectivity index (χ1n) is 8.49. The summed E-state index contributed by atoms with van der Waals surface area (Å²) in [6.07, 6.45) is -4.81. The Balaban J connectivity index is 2.02. The van der Waals surface area contributed by atoms with E-state index in [9.17, 15) is 27.7 Å². The fraction of sp³-hybridized carbons (Fsp3) is 0.333. The van der Waals surface area contributed by atoms with Gasteiger partial charge in [-0.2, -0.15) is 0 Å². The van der Waals surface area contributed by atoms with Crippen LogP contribution in [-0.2, 0) is 0 Å². The summed E-state index contributed by atoms with van der Waals surface area (Å²) in [4.78, 5) is 12.8. The summed E-state index contributed by atoms with van der Waals surface area (Å²) < 4.78 is 54.6. The maximum atomic E-state index is 13.6. The van der Waals surface area contributed by atoms with Crippen LogP contribution in [0.15, 0.2) is 42.5 Å². The van der Waals surface area contributed by atoms with Gasteiger partial charge in [-0.25, -0.2) is 4.39 Å². The van der Waals surface area contributed by atoms with Gasteiger partial charge in [0.1, 0.15) is 11.6 Å². The highest BCUT2D eigenvalue weighted by atomic mass is 19.4. The van der Waals surface area contributed by atoms with Crippen LogP contribution in [0.2, 0.25) is 0 Å². The lowest BCUT2D eigenvalue weighted by atomic mass is 9.95. The molecule has 1 saturated heterocycles. The molecule has 6 nitrogen and oxygen atoms in total. The molecule has 0 amide bonds. The minimum Gasteiger partial charge on any atom is -0.406 e. The Bertz CT molecular complexity index is 837. The summed E-state index contributed by atoms with van der Waals surface area (Å²) in [6, 6.07) is 7.91. The number of nitrogens with zero attached hydrogens (tertiary/aromatic N) is 2. The monoisotopic (exact) mass is 399 g/mol. The van der Waals surface area contributed by atoms with Crippen LogP contribution in [-0.4, -0.2) is 42.4 Å². The highest BCUT2D eigenvalue weighted by Gasteiger charge is 2.32. The number of hydrogen-bond donors (Lipinski definition) is 1. The predicted molar refractivity (Wildman–Crippen MR) is 92.5 cm³/mol. The van der Waals surface area contributed by atoms with E-state index in [0.29, 0.717) is 31.7 Å². The lowest BCUT2D eigenvalue weighted by molar-refractivity contribution is -0.386. The largest absolute Gasteiger partial charge is 0.573 e. The van der Waals surface area contributed by atoms with Gasteiger partial charge in [-0.05, 0) is 29.8 Å². The maximum absolute atomic E-state index is 13.6. The van der Waals surface area contributed by atoms with Gasteiger partial charge in [0.25, 0.3) is 5.69 Å². The second kappa shape index (κ2) is 8.11. The molecule has 0 unspecified atom stereocenters. The third-order valence-electron chi connectivity index (χ3n) is 4.43. The molecule has 0 aliphatic carbocycles. The second-order valence-corrected chi connectivity index (χ2v) is 6.27. The van der Waals surface area contributed by atoms with Gasteiger partial charge >= 0.3 is 6.36 Å². The number of ether oxygens (including phenoxy) is 1. The Morgan fingerprint density at radius 2 is 1.75 bits per heavy atom. The van der Waals surface area contributed by atoms with Crippen molar-refractivity contribution in [1.82, 2.24) is 10.2 Å². The van der Waals surface area contributed by atoms with Crippen LogP contribution in [0.25, 0.3) is 0 Å². The van der Waals surface area contributed by atoms with Crippen molar-refractivity contribution in [2.45, 2.75) is 12.4 Å². The highest BCUT2D eigenvalue weighted by Crippen LogP contribution is 2.36. The van der Waals surface area contributed by atoms with E-state index in [1.165, 1.54) is 18.2 Å². The first kappa shape index (κ1) is 20.0. The Morgan fingerprint density at radius 3 is 2.32 bits per heavy atom. The first-order chi connectivity index (χ1) is 13.2. The third-order valence-corrected chi connectivity index (χ3v) is 4.43. The number of piperazine rings is 1. The number of benzene rings is 2. The summed E-state index contributed by atoms with van der Waals surface area (Å²) >= 11 is 0. The third kappa shape index (κ3) is 4.76. The fourth-order valence-electron chi connectivity index (χ4n) is 3.29. The Labute approximate surface area is 157 Å². The SMILES string of the molecule is O=[N+]([O-])c1cc(F)ccc1[C@@H](c1ccc(OC(F)(F)F)cc1)N1CCNCC1. The molecule has 1 heterocycles. The zero-order valence-electron chi connectivity index (χ0n) is 14.6. The molecule has 0 bridgehead atoms. The highest BCUT2D eigenvalue weighted by molar-refractivity contribution is 5.47. The summed E-state index contributed by atoms with van der Waals surface area (Å²) in [5.74, 6) is -1.12. The smallest absolute Gasteiger partial charge is 0.406 e. The van der Waals surface area contributed by atoms with Crippen molar-refractivity contribution >= 4 is 5.69 Å². The van der Waals surface area contributed by atoms with Crippen molar-refractivity contribution in [3.05, 3.63) is 69.5 Å². The fourth-order valence-corrected chi connectivity index (χ4v) is 3.29. The van der Waals surface area contributed by atoms with Crippen LogP contribution in [0.1, 0.15) is 17.2 Å². The van der Waals surface area contributed by atoms with Gasteiger partial charge < -0.3 is 10.1 Å². The maximum Gasteiger partial charge on any atom is 0.573 e. The van der Waals surface area contributed by atoms with Crippen LogP contribution in [0, 0.1) is 15.9 Å². The van der Waals surface area contributed by atoms with Crippen LogP contribution in [0.5, 0.6) is 5.75 Å². The molecule has 0 aromatic heterocycles. The summed E-state index contributed by atoms with van der Waals surface area (Å²) in [5, 5.41) is 14.6. The molecule has 0 radical (unpaired) electrons. The minimum absolute atomic E-state index is 0.276. The molecule has 1 aliphatic rings. The first-order valence-corrected chi connectivity index (χ1v) is 8.49. The molecule has 10 heteroatoms. The van der Waals surface area contributed by atoms with E-state index >= 15 is 0 Å². The number of halogens is 4. The number of nitro groups is 1. The number of hydrogen-bond acceptors (Lipinski definition) is 5. The molecule has 1 aliphatic heterocycles. The number of rotatable bonds is 5. The topological polar surface area (TPSA) is 67.6 Å². The molecule has 3 rings (SSSR count). The number of nitrogens with one attached hydrogen (secondary N) is 1. The zero-order valence-corrected chi connectivity index (χ0v) is 14.6. The Kier molecular flexibility index (Phi) is 5.80. The summed E-state index contributed by atoms with van der Waals surface area (Å²) in [7, 11) is 0. The minimum atomic E-state index is -4.81. The van der Waals surface area contributed by atoms with Crippen molar-refractivity contribution in [2.24, 2.45) is 0 Å². The summed E-state index contributed by atoms with van der Waals surface area (Å²) in [6.45, 7) is 2.45. The Hall–Kier alpha value is -2.72. The molecule has 150 valence electrons. The van der Waals surface area contributed by atoms with E-state index < -0.39 is 23.1 Å². The molecule has 1 fully saturated rings. The molecule has 28 heavy (non-hydrogen) atoms. The van der Waals surface area contributed by atoms with Gasteiger partial charge in [0.05, 0.1) is 22.6 Å². The van der Waals surface area contributed by atoms with Crippen LogP contribution < -0.4 is 10.1 Å². The van der Waals surface area contributed by atoms with Crippen molar-refractivity contribution in [3.63, 3.8) is 0 Å². The molecule has 0 saturated carbocycles. The van der Waals surface area contributed by atoms with E-state index in [-0.39, 0.29) is 17.0 Å². The quantitative estimate of drug-likeness (QED) is 0.473. The van der Waals surface area contributed by atoms with E-state index in [1.807, 2.05) is 4.90 Å². The van der Waals surface area contributed by atoms with E-state index in [1.54, 1.807) is 0 Å². The molecule has 2 aromatic rings.